The Morgan fingerprint density at radius 1 is 1.04 bits per heavy atom. The lowest BCUT2D eigenvalue weighted by atomic mass is 9.92. The van der Waals surface area contributed by atoms with Crippen LogP contribution in [0.4, 0.5) is 4.79 Å². The highest BCUT2D eigenvalue weighted by Gasteiger charge is 2.49. The molecular formula is C19H17Cl3N2O3. The van der Waals surface area contributed by atoms with Crippen LogP contribution in [0.25, 0.3) is 0 Å². The number of benzene rings is 2. The molecule has 0 bridgehead atoms. The maximum absolute atomic E-state index is 12.9. The molecule has 1 N–H and O–H groups in total. The van der Waals surface area contributed by atoms with Gasteiger partial charge in [0.15, 0.2) is 0 Å². The number of carbonyl (C=O) groups excluding carboxylic acids is 2. The first-order valence-corrected chi connectivity index (χ1v) is 9.42. The molecule has 0 spiro atoms. The maximum Gasteiger partial charge on any atom is 0.325 e. The number of hydrogen-bond donors (Lipinski definition) is 1. The van der Waals surface area contributed by atoms with E-state index in [2.05, 4.69) is 5.32 Å². The van der Waals surface area contributed by atoms with Crippen LogP contribution in [0.2, 0.25) is 15.1 Å². The highest BCUT2D eigenvalue weighted by atomic mass is 35.5. The number of nitrogens with one attached hydrogen (secondary N) is 1. The topological polar surface area (TPSA) is 58.6 Å². The summed E-state index contributed by atoms with van der Waals surface area (Å²) in [6, 6.07) is 11.4. The van der Waals surface area contributed by atoms with Gasteiger partial charge in [-0.25, -0.2) is 4.79 Å². The molecule has 1 heterocycles. The van der Waals surface area contributed by atoms with Gasteiger partial charge in [0, 0.05) is 27.2 Å². The number of imide groups is 1. The molecule has 8 heteroatoms. The Labute approximate surface area is 172 Å². The van der Waals surface area contributed by atoms with E-state index in [1.807, 2.05) is 0 Å². The van der Waals surface area contributed by atoms with Crippen LogP contribution < -0.4 is 10.1 Å². The molecule has 0 saturated carbocycles. The Balaban J connectivity index is 1.62. The summed E-state index contributed by atoms with van der Waals surface area (Å²) < 4.78 is 5.60. The molecule has 2 aromatic carbocycles. The molecule has 2 aromatic rings. The van der Waals surface area contributed by atoms with Crippen LogP contribution in [0.5, 0.6) is 5.75 Å². The second-order valence-electron chi connectivity index (χ2n) is 6.29. The molecule has 1 unspecified atom stereocenters. The third-order valence-electron chi connectivity index (χ3n) is 4.35. The van der Waals surface area contributed by atoms with Gasteiger partial charge in [0.1, 0.15) is 11.3 Å². The van der Waals surface area contributed by atoms with Crippen LogP contribution in [-0.2, 0) is 10.3 Å². The van der Waals surface area contributed by atoms with Gasteiger partial charge in [0.05, 0.1) is 6.61 Å². The summed E-state index contributed by atoms with van der Waals surface area (Å²) >= 11 is 18.0. The normalized spacial score (nSPS) is 19.3. The van der Waals surface area contributed by atoms with Crippen molar-refractivity contribution < 1.29 is 14.3 Å². The molecule has 0 aliphatic carbocycles. The third kappa shape index (κ3) is 4.15. The van der Waals surface area contributed by atoms with E-state index in [1.54, 1.807) is 49.4 Å². The van der Waals surface area contributed by atoms with Crippen LogP contribution in [-0.4, -0.2) is 30.0 Å². The van der Waals surface area contributed by atoms with Crippen LogP contribution in [0.15, 0.2) is 42.5 Å². The van der Waals surface area contributed by atoms with Crippen LogP contribution in [0.3, 0.4) is 0 Å². The van der Waals surface area contributed by atoms with Gasteiger partial charge in [-0.2, -0.15) is 0 Å². The highest BCUT2D eigenvalue weighted by molar-refractivity contribution is 6.35. The highest BCUT2D eigenvalue weighted by Crippen LogP contribution is 2.35. The smallest absolute Gasteiger partial charge is 0.325 e. The fourth-order valence-electron chi connectivity index (χ4n) is 2.92. The summed E-state index contributed by atoms with van der Waals surface area (Å²) in [5.41, 5.74) is -0.720. The van der Waals surface area contributed by atoms with E-state index >= 15 is 0 Å². The fourth-order valence-corrected chi connectivity index (χ4v) is 3.64. The Kier molecular flexibility index (Phi) is 5.84. The molecule has 1 aliphatic rings. The van der Waals surface area contributed by atoms with Crippen molar-refractivity contribution in [3.8, 4) is 5.75 Å². The number of urea groups is 1. The second-order valence-corrected chi connectivity index (χ2v) is 7.57. The Morgan fingerprint density at radius 3 is 2.37 bits per heavy atom. The minimum absolute atomic E-state index is 0.235. The van der Waals surface area contributed by atoms with Gasteiger partial charge in [-0.1, -0.05) is 40.9 Å². The van der Waals surface area contributed by atoms with Crippen LogP contribution >= 0.6 is 34.8 Å². The SMILES string of the molecule is CC1(c2ccc(Cl)cc2Cl)NC(=O)N(CCCOc2ccc(Cl)cc2)C1=O. The summed E-state index contributed by atoms with van der Waals surface area (Å²) in [5, 5.41) is 4.14. The van der Waals surface area contributed by atoms with E-state index in [-0.39, 0.29) is 12.5 Å². The molecule has 1 atom stereocenters. The monoisotopic (exact) mass is 426 g/mol. The van der Waals surface area contributed by atoms with Gasteiger partial charge in [-0.05, 0) is 49.7 Å². The Morgan fingerprint density at radius 2 is 1.70 bits per heavy atom. The molecular weight excluding hydrogens is 411 g/mol. The van der Waals surface area contributed by atoms with E-state index in [9.17, 15) is 9.59 Å². The van der Waals surface area contributed by atoms with E-state index < -0.39 is 11.6 Å². The Bertz CT molecular complexity index is 873. The number of ether oxygens (including phenoxy) is 1. The van der Waals surface area contributed by atoms with Crippen LogP contribution in [0.1, 0.15) is 18.9 Å². The minimum Gasteiger partial charge on any atom is -0.494 e. The largest absolute Gasteiger partial charge is 0.494 e. The molecule has 0 radical (unpaired) electrons. The van der Waals surface area contributed by atoms with Crippen molar-refractivity contribution in [2.75, 3.05) is 13.2 Å². The molecule has 27 heavy (non-hydrogen) atoms. The van der Waals surface area contributed by atoms with Crippen molar-refractivity contribution in [3.63, 3.8) is 0 Å². The van der Waals surface area contributed by atoms with E-state index in [0.29, 0.717) is 39.4 Å². The van der Waals surface area contributed by atoms with Crippen molar-refractivity contribution in [2.45, 2.75) is 18.9 Å². The van der Waals surface area contributed by atoms with Crippen molar-refractivity contribution in [1.29, 1.82) is 0 Å². The lowest BCUT2D eigenvalue weighted by Gasteiger charge is -2.23. The quantitative estimate of drug-likeness (QED) is 0.528. The lowest BCUT2D eigenvalue weighted by molar-refractivity contribution is -0.131. The summed E-state index contributed by atoms with van der Waals surface area (Å²) in [5.74, 6) is 0.317. The first-order valence-electron chi connectivity index (χ1n) is 8.29. The average Bonchev–Trinajstić information content (AvgIpc) is 2.83. The van der Waals surface area contributed by atoms with Gasteiger partial charge in [0.2, 0.25) is 0 Å². The number of nitrogens with zero attached hydrogens (tertiary/aromatic N) is 1. The average molecular weight is 428 g/mol. The number of halogens is 3. The number of rotatable bonds is 6. The van der Waals surface area contributed by atoms with Gasteiger partial charge >= 0.3 is 6.03 Å². The van der Waals surface area contributed by atoms with Gasteiger partial charge in [-0.3, -0.25) is 9.69 Å². The van der Waals surface area contributed by atoms with Crippen molar-refractivity contribution in [2.24, 2.45) is 0 Å². The van der Waals surface area contributed by atoms with E-state index in [1.165, 1.54) is 4.90 Å². The van der Waals surface area contributed by atoms with Gasteiger partial charge < -0.3 is 10.1 Å². The molecule has 0 aromatic heterocycles. The van der Waals surface area contributed by atoms with Crippen LogP contribution in [0, 0.1) is 0 Å². The molecule has 3 amide bonds. The first-order chi connectivity index (χ1) is 12.8. The van der Waals surface area contributed by atoms with Crippen molar-refractivity contribution >= 4 is 46.7 Å². The van der Waals surface area contributed by atoms with Crippen molar-refractivity contribution in [1.82, 2.24) is 10.2 Å². The standard InChI is InChI=1S/C19H17Cl3N2O3/c1-19(15-8-5-13(21)11-16(15)22)17(25)24(18(26)23-19)9-2-10-27-14-6-3-12(20)4-7-14/h3-8,11H,2,9-10H2,1H3,(H,23,26). The molecule has 1 fully saturated rings. The second kappa shape index (κ2) is 7.97. The molecule has 3 rings (SSSR count). The summed E-state index contributed by atoms with van der Waals surface area (Å²) in [4.78, 5) is 26.4. The fraction of sp³-hybridized carbons (Fsp3) is 0.263. The minimum atomic E-state index is -1.23. The summed E-state index contributed by atoms with van der Waals surface area (Å²) in [6.07, 6.45) is 0.492. The third-order valence-corrected chi connectivity index (χ3v) is 5.15. The molecule has 142 valence electrons. The van der Waals surface area contributed by atoms with Gasteiger partial charge in [-0.15, -0.1) is 0 Å². The van der Waals surface area contributed by atoms with E-state index in [4.69, 9.17) is 39.5 Å². The zero-order valence-corrected chi connectivity index (χ0v) is 16.7. The van der Waals surface area contributed by atoms with Crippen molar-refractivity contribution in [3.05, 3.63) is 63.1 Å². The van der Waals surface area contributed by atoms with E-state index in [0.717, 1.165) is 0 Å². The number of hydrogen-bond acceptors (Lipinski definition) is 3. The number of carbonyl (C=O) groups is 2. The molecule has 1 aliphatic heterocycles. The zero-order chi connectivity index (χ0) is 19.6. The molecule has 5 nitrogen and oxygen atoms in total. The van der Waals surface area contributed by atoms with Gasteiger partial charge in [0.25, 0.3) is 5.91 Å². The summed E-state index contributed by atoms with van der Waals surface area (Å²) in [6.45, 7) is 2.22. The Hall–Kier alpha value is -1.95. The number of amides is 3. The first kappa shape index (κ1) is 19.8. The summed E-state index contributed by atoms with van der Waals surface area (Å²) in [7, 11) is 0. The maximum atomic E-state index is 12.9. The molecule has 1 saturated heterocycles. The lowest BCUT2D eigenvalue weighted by Crippen LogP contribution is -2.41. The predicted molar refractivity (Wildman–Crippen MR) is 106 cm³/mol. The predicted octanol–water partition coefficient (Wildman–Crippen LogP) is 4.88. The zero-order valence-electron chi connectivity index (χ0n) is 14.5.